The molecular formula is C25H31N3O3. The van der Waals surface area contributed by atoms with Crippen LogP contribution in [0.2, 0.25) is 0 Å². The summed E-state index contributed by atoms with van der Waals surface area (Å²) in [5.74, 6) is -0.157. The Morgan fingerprint density at radius 2 is 1.58 bits per heavy atom. The number of nitrogens with zero attached hydrogens (tertiary/aromatic N) is 2. The summed E-state index contributed by atoms with van der Waals surface area (Å²) < 4.78 is 5.54. The molecule has 4 rings (SSSR count). The van der Waals surface area contributed by atoms with Crippen LogP contribution in [0.3, 0.4) is 0 Å². The third kappa shape index (κ3) is 5.64. The van der Waals surface area contributed by atoms with Crippen LogP contribution in [0.25, 0.3) is 0 Å². The Morgan fingerprint density at radius 1 is 0.871 bits per heavy atom. The molecule has 164 valence electrons. The van der Waals surface area contributed by atoms with Gasteiger partial charge in [0.05, 0.1) is 12.2 Å². The lowest BCUT2D eigenvalue weighted by molar-refractivity contribution is -0.121. The number of benzene rings is 2. The second-order valence-corrected chi connectivity index (χ2v) is 8.31. The average Bonchev–Trinajstić information content (AvgIpc) is 3.35. The van der Waals surface area contributed by atoms with E-state index in [1.54, 1.807) is 0 Å². The highest BCUT2D eigenvalue weighted by Crippen LogP contribution is 2.29. The fourth-order valence-corrected chi connectivity index (χ4v) is 4.32. The van der Waals surface area contributed by atoms with Gasteiger partial charge in [0, 0.05) is 37.6 Å². The molecule has 2 saturated heterocycles. The molecule has 6 heteroatoms. The first-order valence-electron chi connectivity index (χ1n) is 11.3. The largest absolute Gasteiger partial charge is 0.371 e. The topological polar surface area (TPSA) is 61.9 Å². The molecule has 0 aromatic heterocycles. The predicted octanol–water partition coefficient (Wildman–Crippen LogP) is 4.07. The molecule has 2 amide bonds. The molecule has 31 heavy (non-hydrogen) atoms. The van der Waals surface area contributed by atoms with Gasteiger partial charge in [0.15, 0.2) is 0 Å². The number of anilines is 2. The van der Waals surface area contributed by atoms with Crippen LogP contribution in [-0.4, -0.2) is 49.5 Å². The number of likely N-dealkylation sites (tertiary alicyclic amines) is 1. The smallest absolute Gasteiger partial charge is 0.256 e. The molecule has 2 aromatic rings. The van der Waals surface area contributed by atoms with Crippen LogP contribution in [0.15, 0.2) is 48.5 Å². The standard InChI is InChI=1S/C25H31N3O3/c29-24(19-31-18-20-9-3-1-4-10-20)26-21-11-12-23(27-13-5-2-6-14-27)22(17-21)25(30)28-15-7-8-16-28/h1,3-4,9-12,17H,2,5-8,13-16,18-19H2,(H,26,29). The van der Waals surface area contributed by atoms with Crippen molar-refractivity contribution in [2.24, 2.45) is 0 Å². The first kappa shape index (κ1) is 21.4. The molecule has 6 nitrogen and oxygen atoms in total. The van der Waals surface area contributed by atoms with E-state index in [4.69, 9.17) is 4.74 Å². The number of hydrogen-bond donors (Lipinski definition) is 1. The molecule has 0 unspecified atom stereocenters. The molecule has 2 fully saturated rings. The van der Waals surface area contributed by atoms with E-state index in [0.29, 0.717) is 17.9 Å². The maximum absolute atomic E-state index is 13.2. The van der Waals surface area contributed by atoms with E-state index >= 15 is 0 Å². The summed E-state index contributed by atoms with van der Waals surface area (Å²) in [6.07, 6.45) is 5.64. The van der Waals surface area contributed by atoms with Crippen LogP contribution >= 0.6 is 0 Å². The first-order valence-corrected chi connectivity index (χ1v) is 11.3. The van der Waals surface area contributed by atoms with E-state index in [9.17, 15) is 9.59 Å². The fourth-order valence-electron chi connectivity index (χ4n) is 4.32. The third-order valence-corrected chi connectivity index (χ3v) is 5.95. The van der Waals surface area contributed by atoms with Gasteiger partial charge in [0.1, 0.15) is 6.61 Å². The van der Waals surface area contributed by atoms with Gasteiger partial charge in [0.25, 0.3) is 5.91 Å². The molecule has 2 aromatic carbocycles. The Kier molecular flexibility index (Phi) is 7.20. The van der Waals surface area contributed by atoms with Crippen LogP contribution in [0.4, 0.5) is 11.4 Å². The Hall–Kier alpha value is -2.86. The van der Waals surface area contributed by atoms with Crippen molar-refractivity contribution in [3.63, 3.8) is 0 Å². The highest BCUT2D eigenvalue weighted by molar-refractivity contribution is 6.02. The van der Waals surface area contributed by atoms with Crippen molar-refractivity contribution in [3.8, 4) is 0 Å². The number of ether oxygens (including phenoxy) is 1. The van der Waals surface area contributed by atoms with Crippen molar-refractivity contribution < 1.29 is 14.3 Å². The molecule has 0 aliphatic carbocycles. The monoisotopic (exact) mass is 421 g/mol. The number of nitrogens with one attached hydrogen (secondary N) is 1. The van der Waals surface area contributed by atoms with E-state index in [-0.39, 0.29) is 18.4 Å². The van der Waals surface area contributed by atoms with Gasteiger partial charge < -0.3 is 19.9 Å². The average molecular weight is 422 g/mol. The molecule has 0 saturated carbocycles. The van der Waals surface area contributed by atoms with Crippen molar-refractivity contribution in [1.82, 2.24) is 4.90 Å². The highest BCUT2D eigenvalue weighted by Gasteiger charge is 2.25. The number of amides is 2. The van der Waals surface area contributed by atoms with Crippen LogP contribution in [0, 0.1) is 0 Å². The quantitative estimate of drug-likeness (QED) is 0.732. The van der Waals surface area contributed by atoms with E-state index in [2.05, 4.69) is 10.2 Å². The maximum atomic E-state index is 13.2. The number of piperidine rings is 1. The SMILES string of the molecule is O=C(COCc1ccccc1)Nc1ccc(N2CCCCC2)c(C(=O)N2CCCC2)c1. The minimum absolute atomic E-state index is 0.0296. The van der Waals surface area contributed by atoms with Crippen molar-refractivity contribution in [2.45, 2.75) is 38.7 Å². The van der Waals surface area contributed by atoms with E-state index in [0.717, 1.165) is 63.1 Å². The molecule has 0 radical (unpaired) electrons. The maximum Gasteiger partial charge on any atom is 0.256 e. The Morgan fingerprint density at radius 3 is 2.32 bits per heavy atom. The molecule has 2 aliphatic rings. The van der Waals surface area contributed by atoms with Crippen LogP contribution < -0.4 is 10.2 Å². The second kappa shape index (κ2) is 10.4. The zero-order valence-electron chi connectivity index (χ0n) is 18.0. The summed E-state index contributed by atoms with van der Waals surface area (Å²) in [6, 6.07) is 15.5. The summed E-state index contributed by atoms with van der Waals surface area (Å²) in [4.78, 5) is 29.9. The minimum Gasteiger partial charge on any atom is -0.371 e. The van der Waals surface area contributed by atoms with Crippen molar-refractivity contribution in [3.05, 3.63) is 59.7 Å². The van der Waals surface area contributed by atoms with Gasteiger partial charge in [-0.05, 0) is 55.9 Å². The lowest BCUT2D eigenvalue weighted by atomic mass is 10.1. The van der Waals surface area contributed by atoms with Gasteiger partial charge in [-0.2, -0.15) is 0 Å². The van der Waals surface area contributed by atoms with E-state index in [1.807, 2.05) is 53.4 Å². The van der Waals surface area contributed by atoms with Gasteiger partial charge in [-0.3, -0.25) is 9.59 Å². The van der Waals surface area contributed by atoms with E-state index in [1.165, 1.54) is 6.42 Å². The summed E-state index contributed by atoms with van der Waals surface area (Å²) in [7, 11) is 0. The summed E-state index contributed by atoms with van der Waals surface area (Å²) in [6.45, 7) is 3.92. The zero-order chi connectivity index (χ0) is 21.5. The number of carbonyl (C=O) groups is 2. The van der Waals surface area contributed by atoms with Gasteiger partial charge in [0.2, 0.25) is 5.91 Å². The predicted molar refractivity (Wildman–Crippen MR) is 122 cm³/mol. The molecule has 0 spiro atoms. The molecule has 1 N–H and O–H groups in total. The highest BCUT2D eigenvalue weighted by atomic mass is 16.5. The molecule has 2 heterocycles. The zero-order valence-corrected chi connectivity index (χ0v) is 18.0. The molecular weight excluding hydrogens is 390 g/mol. The summed E-state index contributed by atoms with van der Waals surface area (Å²) in [5, 5.41) is 2.89. The minimum atomic E-state index is -0.221. The Balaban J connectivity index is 1.44. The van der Waals surface area contributed by atoms with Gasteiger partial charge in [-0.15, -0.1) is 0 Å². The molecule has 0 bridgehead atoms. The van der Waals surface area contributed by atoms with E-state index < -0.39 is 0 Å². The van der Waals surface area contributed by atoms with Crippen LogP contribution in [-0.2, 0) is 16.1 Å². The second-order valence-electron chi connectivity index (χ2n) is 8.31. The van der Waals surface area contributed by atoms with Gasteiger partial charge in [-0.1, -0.05) is 30.3 Å². The lowest BCUT2D eigenvalue weighted by Gasteiger charge is -2.31. The van der Waals surface area contributed by atoms with Gasteiger partial charge in [-0.25, -0.2) is 0 Å². The summed E-state index contributed by atoms with van der Waals surface area (Å²) >= 11 is 0. The first-order chi connectivity index (χ1) is 15.2. The van der Waals surface area contributed by atoms with Crippen molar-refractivity contribution >= 4 is 23.2 Å². The Labute approximate surface area is 184 Å². The van der Waals surface area contributed by atoms with Crippen molar-refractivity contribution in [2.75, 3.05) is 43.0 Å². The lowest BCUT2D eigenvalue weighted by Crippen LogP contribution is -2.34. The fraction of sp³-hybridized carbons (Fsp3) is 0.440. The van der Waals surface area contributed by atoms with Crippen LogP contribution in [0.5, 0.6) is 0 Å². The number of hydrogen-bond acceptors (Lipinski definition) is 4. The molecule has 2 aliphatic heterocycles. The Bertz CT molecular complexity index is 888. The van der Waals surface area contributed by atoms with Crippen molar-refractivity contribution in [1.29, 1.82) is 0 Å². The number of carbonyl (C=O) groups excluding carboxylic acids is 2. The number of rotatable bonds is 7. The van der Waals surface area contributed by atoms with Gasteiger partial charge >= 0.3 is 0 Å². The summed E-state index contributed by atoms with van der Waals surface area (Å²) in [5.41, 5.74) is 3.33. The molecule has 0 atom stereocenters. The third-order valence-electron chi connectivity index (χ3n) is 5.95. The van der Waals surface area contributed by atoms with Crippen LogP contribution in [0.1, 0.15) is 48.0 Å². The normalized spacial score (nSPS) is 16.4.